The second-order valence-electron chi connectivity index (χ2n) is 7.03. The Morgan fingerprint density at radius 2 is 1.72 bits per heavy atom. The summed E-state index contributed by atoms with van der Waals surface area (Å²) >= 11 is 0. The van der Waals surface area contributed by atoms with E-state index in [1.54, 1.807) is 16.4 Å². The van der Waals surface area contributed by atoms with Crippen LogP contribution in [0.3, 0.4) is 0 Å². The molecule has 0 bridgehead atoms. The normalized spacial score (nSPS) is 29.7. The van der Waals surface area contributed by atoms with Gasteiger partial charge in [-0.3, -0.25) is 0 Å². The number of benzene rings is 2. The Hall–Kier alpha value is -1.69. The highest BCUT2D eigenvalue weighted by atomic mass is 32.2. The Morgan fingerprint density at radius 3 is 2.40 bits per heavy atom. The molecule has 4 nitrogen and oxygen atoms in total. The van der Waals surface area contributed by atoms with Crippen LogP contribution in [0.1, 0.15) is 30.5 Å². The summed E-state index contributed by atoms with van der Waals surface area (Å²) in [5.74, 6) is 0.206. The van der Waals surface area contributed by atoms with Gasteiger partial charge in [-0.1, -0.05) is 48.0 Å². The van der Waals surface area contributed by atoms with Crippen LogP contribution in [-0.4, -0.2) is 31.5 Å². The number of hydrogen-bond acceptors (Lipinski definition) is 3. The molecule has 2 heterocycles. The number of fused-ring (bicyclic) bond motifs is 1. The molecule has 2 saturated heterocycles. The molecule has 0 aromatic heterocycles. The molecular formula is C20H23NO3S. The molecule has 0 N–H and O–H groups in total. The zero-order chi connectivity index (χ0) is 17.6. The quantitative estimate of drug-likeness (QED) is 0.844. The summed E-state index contributed by atoms with van der Waals surface area (Å²) in [6, 6.07) is 16.7. The van der Waals surface area contributed by atoms with Gasteiger partial charge in [0.2, 0.25) is 10.0 Å². The second kappa shape index (κ2) is 6.24. The first-order valence-electron chi connectivity index (χ1n) is 8.77. The number of nitrogens with zero attached hydrogens (tertiary/aromatic N) is 1. The molecule has 2 aliphatic rings. The van der Waals surface area contributed by atoms with Gasteiger partial charge in [0.15, 0.2) is 0 Å². The van der Waals surface area contributed by atoms with E-state index in [1.165, 1.54) is 0 Å². The van der Waals surface area contributed by atoms with Crippen molar-refractivity contribution in [1.82, 2.24) is 4.31 Å². The van der Waals surface area contributed by atoms with E-state index < -0.39 is 10.0 Å². The zero-order valence-corrected chi connectivity index (χ0v) is 15.3. The third-order valence-electron chi connectivity index (χ3n) is 5.48. The summed E-state index contributed by atoms with van der Waals surface area (Å²) < 4.78 is 34.5. The highest BCUT2D eigenvalue weighted by Gasteiger charge is 2.54. The molecule has 0 amide bonds. The summed E-state index contributed by atoms with van der Waals surface area (Å²) in [5, 5.41) is 0. The van der Waals surface area contributed by atoms with E-state index in [0.717, 1.165) is 17.5 Å². The Morgan fingerprint density at radius 1 is 1.04 bits per heavy atom. The van der Waals surface area contributed by atoms with Gasteiger partial charge in [0, 0.05) is 18.6 Å². The molecule has 2 aromatic carbocycles. The van der Waals surface area contributed by atoms with Gasteiger partial charge in [-0.2, -0.15) is 4.31 Å². The van der Waals surface area contributed by atoms with Crippen molar-refractivity contribution in [1.29, 1.82) is 0 Å². The Bertz CT molecular complexity index is 848. The number of ether oxygens (including phenoxy) is 1. The van der Waals surface area contributed by atoms with E-state index in [0.29, 0.717) is 11.5 Å². The van der Waals surface area contributed by atoms with E-state index in [2.05, 4.69) is 0 Å². The fourth-order valence-corrected chi connectivity index (χ4v) is 6.15. The van der Waals surface area contributed by atoms with Crippen molar-refractivity contribution >= 4 is 10.0 Å². The fraction of sp³-hybridized carbons (Fsp3) is 0.400. The standard InChI is InChI=1S/C20H23NO3S/c1-14-8-10-17(11-9-14)25(22,23)21-15(2)20-18(12-13-24-20)19(21)16-6-4-3-5-7-16/h3-11,15,18-20H,12-13H2,1-2H3/t15-,18+,19+,20-/m1/s1. The molecule has 25 heavy (non-hydrogen) atoms. The van der Waals surface area contributed by atoms with Crippen LogP contribution < -0.4 is 0 Å². The summed E-state index contributed by atoms with van der Waals surface area (Å²) in [6.45, 7) is 4.64. The van der Waals surface area contributed by atoms with Gasteiger partial charge in [0.05, 0.1) is 17.0 Å². The van der Waals surface area contributed by atoms with Gasteiger partial charge in [-0.15, -0.1) is 0 Å². The van der Waals surface area contributed by atoms with Gasteiger partial charge in [0.1, 0.15) is 0 Å². The highest BCUT2D eigenvalue weighted by Crippen LogP contribution is 2.49. The van der Waals surface area contributed by atoms with Crippen LogP contribution in [0, 0.1) is 12.8 Å². The number of sulfonamides is 1. The van der Waals surface area contributed by atoms with Gasteiger partial charge in [0.25, 0.3) is 0 Å². The highest BCUT2D eigenvalue weighted by molar-refractivity contribution is 7.89. The summed E-state index contributed by atoms with van der Waals surface area (Å²) in [5.41, 5.74) is 2.09. The first-order valence-corrected chi connectivity index (χ1v) is 10.2. The first kappa shape index (κ1) is 16.8. The molecule has 5 heteroatoms. The van der Waals surface area contributed by atoms with Crippen molar-refractivity contribution in [2.75, 3.05) is 6.61 Å². The minimum absolute atomic E-state index is 0.0366. The molecule has 2 aromatic rings. The molecule has 0 radical (unpaired) electrons. The Balaban J connectivity index is 1.81. The molecule has 0 aliphatic carbocycles. The Kier molecular flexibility index (Phi) is 4.18. The lowest BCUT2D eigenvalue weighted by Crippen LogP contribution is -2.39. The molecule has 132 valence electrons. The smallest absolute Gasteiger partial charge is 0.243 e. The zero-order valence-electron chi connectivity index (χ0n) is 14.5. The molecule has 2 aliphatic heterocycles. The topological polar surface area (TPSA) is 46.6 Å². The van der Waals surface area contributed by atoms with Crippen molar-refractivity contribution in [3.05, 3.63) is 65.7 Å². The number of hydrogen-bond donors (Lipinski definition) is 0. The molecule has 4 rings (SSSR count). The Labute approximate surface area is 149 Å². The van der Waals surface area contributed by atoms with Crippen LogP contribution >= 0.6 is 0 Å². The average Bonchev–Trinajstić information content (AvgIpc) is 3.18. The van der Waals surface area contributed by atoms with Gasteiger partial charge >= 0.3 is 0 Å². The predicted octanol–water partition coefficient (Wildman–Crippen LogP) is 3.53. The van der Waals surface area contributed by atoms with Gasteiger partial charge < -0.3 is 4.74 Å². The fourth-order valence-electron chi connectivity index (χ4n) is 4.29. The molecular weight excluding hydrogens is 334 g/mol. The van der Waals surface area contributed by atoms with Crippen LogP contribution in [0.15, 0.2) is 59.5 Å². The van der Waals surface area contributed by atoms with E-state index >= 15 is 0 Å². The summed E-state index contributed by atoms with van der Waals surface area (Å²) in [7, 11) is -3.59. The maximum absolute atomic E-state index is 13.4. The van der Waals surface area contributed by atoms with Crippen molar-refractivity contribution in [2.45, 2.75) is 43.4 Å². The van der Waals surface area contributed by atoms with E-state index in [9.17, 15) is 8.42 Å². The summed E-state index contributed by atoms with van der Waals surface area (Å²) in [4.78, 5) is 0.353. The minimum atomic E-state index is -3.59. The lowest BCUT2D eigenvalue weighted by Gasteiger charge is -2.30. The van der Waals surface area contributed by atoms with Gasteiger partial charge in [-0.25, -0.2) is 8.42 Å². The van der Waals surface area contributed by atoms with Crippen LogP contribution in [0.2, 0.25) is 0 Å². The molecule has 0 spiro atoms. The second-order valence-corrected chi connectivity index (χ2v) is 8.88. The van der Waals surface area contributed by atoms with Crippen molar-refractivity contribution in [3.8, 4) is 0 Å². The van der Waals surface area contributed by atoms with E-state index in [4.69, 9.17) is 4.74 Å². The van der Waals surface area contributed by atoms with E-state index in [-0.39, 0.29) is 24.1 Å². The molecule has 2 fully saturated rings. The lowest BCUT2D eigenvalue weighted by molar-refractivity contribution is 0.0800. The maximum Gasteiger partial charge on any atom is 0.243 e. The molecule has 0 saturated carbocycles. The van der Waals surface area contributed by atoms with Crippen LogP contribution in [0.25, 0.3) is 0 Å². The van der Waals surface area contributed by atoms with Crippen molar-refractivity contribution in [3.63, 3.8) is 0 Å². The van der Waals surface area contributed by atoms with Crippen molar-refractivity contribution < 1.29 is 13.2 Å². The van der Waals surface area contributed by atoms with Gasteiger partial charge in [-0.05, 0) is 38.0 Å². The monoisotopic (exact) mass is 357 g/mol. The maximum atomic E-state index is 13.4. The average molecular weight is 357 g/mol. The predicted molar refractivity (Wildman–Crippen MR) is 96.7 cm³/mol. The number of aryl methyl sites for hydroxylation is 1. The van der Waals surface area contributed by atoms with Crippen LogP contribution in [0.4, 0.5) is 0 Å². The van der Waals surface area contributed by atoms with E-state index in [1.807, 2.05) is 56.3 Å². The summed E-state index contributed by atoms with van der Waals surface area (Å²) in [6.07, 6.45) is 0.861. The SMILES string of the molecule is Cc1ccc(S(=O)(=O)N2[C@H](C)[C@H]3OCC[C@H]3[C@@H]2c2ccccc2)cc1. The van der Waals surface area contributed by atoms with Crippen LogP contribution in [0.5, 0.6) is 0 Å². The third-order valence-corrected chi connectivity index (χ3v) is 7.46. The van der Waals surface area contributed by atoms with Crippen LogP contribution in [-0.2, 0) is 14.8 Å². The third kappa shape index (κ3) is 2.71. The van der Waals surface area contributed by atoms with Crippen molar-refractivity contribution in [2.24, 2.45) is 5.92 Å². The molecule has 4 atom stereocenters. The minimum Gasteiger partial charge on any atom is -0.376 e. The first-order chi connectivity index (χ1) is 12.0. The molecule has 0 unspecified atom stereocenters. The largest absolute Gasteiger partial charge is 0.376 e. The lowest BCUT2D eigenvalue weighted by atomic mass is 9.91. The number of rotatable bonds is 3.